The van der Waals surface area contributed by atoms with E-state index in [4.69, 9.17) is 11.6 Å². The molecule has 2 aromatic heterocycles. The fourth-order valence-electron chi connectivity index (χ4n) is 3.77. The molecule has 158 valence electrons. The fraction of sp³-hybridized carbons (Fsp3) is 0.409. The van der Waals surface area contributed by atoms with Crippen molar-refractivity contribution in [3.05, 3.63) is 47.1 Å². The number of urea groups is 1. The number of halogens is 1. The van der Waals surface area contributed by atoms with Crippen molar-refractivity contribution in [2.75, 3.05) is 29.9 Å². The molecule has 0 spiro atoms. The van der Waals surface area contributed by atoms with Gasteiger partial charge >= 0.3 is 6.03 Å². The van der Waals surface area contributed by atoms with E-state index in [0.717, 1.165) is 16.9 Å². The summed E-state index contributed by atoms with van der Waals surface area (Å²) in [5, 5.41) is 3.54. The number of anilines is 2. The third-order valence-electron chi connectivity index (χ3n) is 5.50. The molecule has 1 aliphatic rings. The lowest BCUT2D eigenvalue weighted by molar-refractivity contribution is 0.184. The Morgan fingerprint density at radius 1 is 1.27 bits per heavy atom. The zero-order valence-electron chi connectivity index (χ0n) is 17.7. The summed E-state index contributed by atoms with van der Waals surface area (Å²) in [6.45, 7) is 10.5. The Balaban J connectivity index is 1.45. The largest absolute Gasteiger partial charge is 0.352 e. The van der Waals surface area contributed by atoms with Gasteiger partial charge in [-0.3, -0.25) is 5.32 Å². The number of piperazine rings is 1. The highest BCUT2D eigenvalue weighted by atomic mass is 35.5. The standard InChI is InChI=1S/C22H27ClN6O/c1-14-13-28(19-16(23)6-5-9-24-19)10-11-29(14)21(30)27-20-25-17-8-7-15(22(2,3)4)12-18(17)26-20/h5-9,12,14H,10-11,13H2,1-4H3,(H2,25,26,27,30). The van der Waals surface area contributed by atoms with Crippen molar-refractivity contribution in [2.24, 2.45) is 0 Å². The number of amides is 2. The zero-order valence-corrected chi connectivity index (χ0v) is 18.5. The van der Waals surface area contributed by atoms with Gasteiger partial charge < -0.3 is 14.8 Å². The summed E-state index contributed by atoms with van der Waals surface area (Å²) in [7, 11) is 0. The van der Waals surface area contributed by atoms with Crippen molar-refractivity contribution in [1.29, 1.82) is 0 Å². The number of hydrogen-bond acceptors (Lipinski definition) is 4. The second-order valence-electron chi connectivity index (χ2n) is 8.79. The van der Waals surface area contributed by atoms with E-state index in [9.17, 15) is 4.79 Å². The molecule has 8 heteroatoms. The summed E-state index contributed by atoms with van der Waals surface area (Å²) in [5.41, 5.74) is 3.02. The highest BCUT2D eigenvalue weighted by molar-refractivity contribution is 6.32. The smallest absolute Gasteiger partial charge is 0.324 e. The van der Waals surface area contributed by atoms with Crippen LogP contribution in [0.4, 0.5) is 16.6 Å². The van der Waals surface area contributed by atoms with Crippen LogP contribution in [0.5, 0.6) is 0 Å². The number of nitrogens with one attached hydrogen (secondary N) is 2. The molecule has 4 rings (SSSR count). The maximum absolute atomic E-state index is 12.9. The van der Waals surface area contributed by atoms with Crippen LogP contribution in [-0.4, -0.2) is 51.6 Å². The number of nitrogens with zero attached hydrogens (tertiary/aromatic N) is 4. The van der Waals surface area contributed by atoms with E-state index in [1.54, 1.807) is 6.20 Å². The van der Waals surface area contributed by atoms with E-state index in [1.807, 2.05) is 30.0 Å². The van der Waals surface area contributed by atoms with Crippen LogP contribution in [0.25, 0.3) is 11.0 Å². The van der Waals surface area contributed by atoms with Crippen LogP contribution in [-0.2, 0) is 5.41 Å². The number of imidazole rings is 1. The van der Waals surface area contributed by atoms with E-state index >= 15 is 0 Å². The molecule has 30 heavy (non-hydrogen) atoms. The highest BCUT2D eigenvalue weighted by Gasteiger charge is 2.29. The molecule has 1 unspecified atom stereocenters. The molecule has 1 aromatic carbocycles. The number of hydrogen-bond donors (Lipinski definition) is 2. The van der Waals surface area contributed by atoms with Gasteiger partial charge in [-0.15, -0.1) is 0 Å². The van der Waals surface area contributed by atoms with Crippen molar-refractivity contribution in [1.82, 2.24) is 19.9 Å². The number of H-pyrrole nitrogens is 1. The van der Waals surface area contributed by atoms with E-state index in [1.165, 1.54) is 5.56 Å². The third-order valence-corrected chi connectivity index (χ3v) is 5.80. The Hall–Kier alpha value is -2.80. The molecule has 1 fully saturated rings. The second-order valence-corrected chi connectivity index (χ2v) is 9.20. The van der Waals surface area contributed by atoms with Crippen LogP contribution in [0.2, 0.25) is 5.02 Å². The van der Waals surface area contributed by atoms with Gasteiger partial charge in [0, 0.05) is 31.9 Å². The molecular formula is C22H27ClN6O. The van der Waals surface area contributed by atoms with Gasteiger partial charge in [0.1, 0.15) is 5.82 Å². The van der Waals surface area contributed by atoms with E-state index < -0.39 is 0 Å². The molecule has 0 radical (unpaired) electrons. The average Bonchev–Trinajstić information content (AvgIpc) is 3.08. The lowest BCUT2D eigenvalue weighted by Gasteiger charge is -2.40. The topological polar surface area (TPSA) is 77.2 Å². The molecule has 0 aliphatic carbocycles. The minimum atomic E-state index is -0.163. The summed E-state index contributed by atoms with van der Waals surface area (Å²) in [5.74, 6) is 1.22. The quantitative estimate of drug-likeness (QED) is 0.625. The molecule has 1 aliphatic heterocycles. The van der Waals surface area contributed by atoms with Gasteiger partial charge in [0.2, 0.25) is 5.95 Å². The van der Waals surface area contributed by atoms with Crippen LogP contribution in [0.1, 0.15) is 33.3 Å². The molecular weight excluding hydrogens is 400 g/mol. The number of aromatic amines is 1. The first-order valence-electron chi connectivity index (χ1n) is 10.2. The third kappa shape index (κ3) is 4.07. The predicted molar refractivity (Wildman–Crippen MR) is 121 cm³/mol. The normalized spacial score (nSPS) is 17.4. The number of aromatic nitrogens is 3. The number of pyridine rings is 1. The molecule has 2 N–H and O–H groups in total. The zero-order chi connectivity index (χ0) is 21.5. The summed E-state index contributed by atoms with van der Waals surface area (Å²) < 4.78 is 0. The maximum atomic E-state index is 12.9. The van der Waals surface area contributed by atoms with Crippen LogP contribution >= 0.6 is 11.6 Å². The summed E-state index contributed by atoms with van der Waals surface area (Å²) in [6.07, 6.45) is 1.73. The molecule has 7 nitrogen and oxygen atoms in total. The summed E-state index contributed by atoms with van der Waals surface area (Å²) in [6, 6.07) is 9.66. The Bertz CT molecular complexity index is 1070. The van der Waals surface area contributed by atoms with Gasteiger partial charge in [-0.1, -0.05) is 38.4 Å². The first kappa shape index (κ1) is 20.5. The Kier molecular flexibility index (Phi) is 5.32. The predicted octanol–water partition coefficient (Wildman–Crippen LogP) is 4.65. The minimum absolute atomic E-state index is 0.00805. The van der Waals surface area contributed by atoms with Gasteiger partial charge in [0.15, 0.2) is 0 Å². The van der Waals surface area contributed by atoms with Gasteiger partial charge in [0.05, 0.1) is 16.1 Å². The van der Waals surface area contributed by atoms with Gasteiger partial charge in [-0.05, 0) is 42.2 Å². The Labute approximate surface area is 181 Å². The van der Waals surface area contributed by atoms with Crippen LogP contribution in [0, 0.1) is 0 Å². The van der Waals surface area contributed by atoms with Crippen LogP contribution in [0.15, 0.2) is 36.5 Å². The lowest BCUT2D eigenvalue weighted by Crippen LogP contribution is -2.55. The number of carbonyl (C=O) groups excluding carboxylic acids is 1. The van der Waals surface area contributed by atoms with Crippen LogP contribution in [0.3, 0.4) is 0 Å². The molecule has 2 amide bonds. The van der Waals surface area contributed by atoms with Gasteiger partial charge in [0.25, 0.3) is 0 Å². The Morgan fingerprint density at radius 3 is 2.77 bits per heavy atom. The second kappa shape index (κ2) is 7.80. The molecule has 0 bridgehead atoms. The van der Waals surface area contributed by atoms with Gasteiger partial charge in [-0.25, -0.2) is 14.8 Å². The monoisotopic (exact) mass is 426 g/mol. The van der Waals surface area contributed by atoms with E-state index in [2.05, 4.69) is 58.1 Å². The lowest BCUT2D eigenvalue weighted by atomic mass is 9.87. The molecule has 0 saturated carbocycles. The number of rotatable bonds is 2. The first-order chi connectivity index (χ1) is 14.2. The average molecular weight is 427 g/mol. The molecule has 3 heterocycles. The summed E-state index contributed by atoms with van der Waals surface area (Å²) in [4.78, 5) is 29.0. The number of fused-ring (bicyclic) bond motifs is 1. The Morgan fingerprint density at radius 2 is 2.07 bits per heavy atom. The first-order valence-corrected chi connectivity index (χ1v) is 10.5. The van der Waals surface area contributed by atoms with Crippen LogP contribution < -0.4 is 10.2 Å². The molecule has 1 saturated heterocycles. The highest BCUT2D eigenvalue weighted by Crippen LogP contribution is 2.27. The maximum Gasteiger partial charge on any atom is 0.324 e. The van der Waals surface area contributed by atoms with Crippen molar-refractivity contribution in [2.45, 2.75) is 39.2 Å². The van der Waals surface area contributed by atoms with E-state index in [-0.39, 0.29) is 17.5 Å². The molecule has 3 aromatic rings. The van der Waals surface area contributed by atoms with E-state index in [0.29, 0.717) is 30.6 Å². The van der Waals surface area contributed by atoms with Crippen molar-refractivity contribution in [3.8, 4) is 0 Å². The summed E-state index contributed by atoms with van der Waals surface area (Å²) >= 11 is 6.28. The van der Waals surface area contributed by atoms with Crippen molar-refractivity contribution in [3.63, 3.8) is 0 Å². The van der Waals surface area contributed by atoms with Crippen molar-refractivity contribution >= 4 is 40.4 Å². The number of carbonyl (C=O) groups is 1. The minimum Gasteiger partial charge on any atom is -0.352 e. The molecule has 1 atom stereocenters. The SMILES string of the molecule is CC1CN(c2ncccc2Cl)CCN1C(=O)Nc1nc2ccc(C(C)(C)C)cc2[nH]1. The fourth-order valence-corrected chi connectivity index (χ4v) is 4.01. The van der Waals surface area contributed by atoms with Gasteiger partial charge in [-0.2, -0.15) is 0 Å². The number of benzene rings is 1. The van der Waals surface area contributed by atoms with Crippen molar-refractivity contribution < 1.29 is 4.79 Å².